The number of aromatic nitrogens is 2. The van der Waals surface area contributed by atoms with Crippen LogP contribution in [-0.2, 0) is 6.18 Å². The van der Waals surface area contributed by atoms with Gasteiger partial charge in [-0.05, 0) is 30.7 Å². The van der Waals surface area contributed by atoms with E-state index in [2.05, 4.69) is 9.97 Å². The Morgan fingerprint density at radius 1 is 1.17 bits per heavy atom. The fourth-order valence-corrected chi connectivity index (χ4v) is 2.02. The molecule has 24 heavy (non-hydrogen) atoms. The molecular weight excluding hydrogens is 323 g/mol. The lowest BCUT2D eigenvalue weighted by Gasteiger charge is -2.22. The molecule has 0 fully saturated rings. The molecule has 0 spiro atoms. The number of methoxy groups -OCH3 is 1. The molecule has 0 aliphatic carbocycles. The molecular formula is C16H18F3N3O2. The van der Waals surface area contributed by atoms with Crippen molar-refractivity contribution in [1.82, 2.24) is 9.97 Å². The van der Waals surface area contributed by atoms with E-state index in [0.717, 1.165) is 12.6 Å². The first-order valence-corrected chi connectivity index (χ1v) is 7.31. The summed E-state index contributed by atoms with van der Waals surface area (Å²) in [6, 6.07) is 6.60. The Labute approximate surface area is 138 Å². The van der Waals surface area contributed by atoms with Crippen molar-refractivity contribution in [2.75, 3.05) is 25.7 Å². The Morgan fingerprint density at radius 3 is 2.38 bits per heavy atom. The lowest BCUT2D eigenvalue weighted by molar-refractivity contribution is -0.137. The third kappa shape index (κ3) is 4.06. The predicted octanol–water partition coefficient (Wildman–Crippen LogP) is 4.06. The van der Waals surface area contributed by atoms with Crippen molar-refractivity contribution in [2.45, 2.75) is 19.5 Å². The lowest BCUT2D eigenvalue weighted by Crippen LogP contribution is -2.19. The van der Waals surface area contributed by atoms with Gasteiger partial charge in [-0.3, -0.25) is 0 Å². The maximum Gasteiger partial charge on any atom is 0.421 e. The minimum atomic E-state index is -4.57. The summed E-state index contributed by atoms with van der Waals surface area (Å²) in [5, 5.41) is 0. The summed E-state index contributed by atoms with van der Waals surface area (Å²) < 4.78 is 49.9. The van der Waals surface area contributed by atoms with E-state index in [9.17, 15) is 13.2 Å². The molecule has 0 N–H and O–H groups in total. The van der Waals surface area contributed by atoms with Gasteiger partial charge < -0.3 is 14.4 Å². The maximum absolute atomic E-state index is 13.2. The SMILES string of the molecule is CCCOc1ccc(N(C)c2nc(OC)ncc2C(F)(F)F)cc1. The fraction of sp³-hybridized carbons (Fsp3) is 0.375. The summed E-state index contributed by atoms with van der Waals surface area (Å²) in [5.41, 5.74) is -0.401. The minimum Gasteiger partial charge on any atom is -0.494 e. The van der Waals surface area contributed by atoms with Crippen LogP contribution in [0.15, 0.2) is 30.5 Å². The number of nitrogens with zero attached hydrogens (tertiary/aromatic N) is 3. The number of hydrogen-bond donors (Lipinski definition) is 0. The maximum atomic E-state index is 13.2. The summed E-state index contributed by atoms with van der Waals surface area (Å²) in [6.07, 6.45) is -2.98. The van der Waals surface area contributed by atoms with Gasteiger partial charge in [-0.2, -0.15) is 18.2 Å². The van der Waals surface area contributed by atoms with E-state index < -0.39 is 11.7 Å². The number of ether oxygens (including phenoxy) is 2. The Balaban J connectivity index is 2.35. The molecule has 0 bridgehead atoms. The van der Waals surface area contributed by atoms with Crippen molar-refractivity contribution in [1.29, 1.82) is 0 Å². The van der Waals surface area contributed by atoms with Gasteiger partial charge in [0, 0.05) is 18.9 Å². The largest absolute Gasteiger partial charge is 0.494 e. The molecule has 1 heterocycles. The first-order chi connectivity index (χ1) is 11.4. The first-order valence-electron chi connectivity index (χ1n) is 7.31. The number of alkyl halides is 3. The molecule has 0 atom stereocenters. The van der Waals surface area contributed by atoms with Gasteiger partial charge >= 0.3 is 12.2 Å². The van der Waals surface area contributed by atoms with Crippen molar-refractivity contribution in [3.05, 3.63) is 36.0 Å². The molecule has 0 aliphatic rings. The number of anilines is 2. The average molecular weight is 341 g/mol. The smallest absolute Gasteiger partial charge is 0.421 e. The van der Waals surface area contributed by atoms with Crippen LogP contribution in [0, 0.1) is 0 Å². The van der Waals surface area contributed by atoms with Gasteiger partial charge in [0.15, 0.2) is 5.82 Å². The van der Waals surface area contributed by atoms with Gasteiger partial charge in [-0.15, -0.1) is 0 Å². The molecule has 1 aromatic heterocycles. The molecule has 0 aliphatic heterocycles. The zero-order valence-electron chi connectivity index (χ0n) is 13.6. The van der Waals surface area contributed by atoms with E-state index in [-0.39, 0.29) is 11.8 Å². The van der Waals surface area contributed by atoms with Crippen LogP contribution in [0.25, 0.3) is 0 Å². The van der Waals surface area contributed by atoms with E-state index in [4.69, 9.17) is 9.47 Å². The molecule has 2 rings (SSSR count). The van der Waals surface area contributed by atoms with Crippen molar-refractivity contribution in [3.8, 4) is 11.8 Å². The van der Waals surface area contributed by atoms with Crippen LogP contribution in [0.4, 0.5) is 24.7 Å². The zero-order valence-corrected chi connectivity index (χ0v) is 13.6. The van der Waals surface area contributed by atoms with Gasteiger partial charge in [-0.25, -0.2) is 4.98 Å². The molecule has 1 aromatic carbocycles. The van der Waals surface area contributed by atoms with Gasteiger partial charge in [-0.1, -0.05) is 6.92 Å². The predicted molar refractivity (Wildman–Crippen MR) is 83.9 cm³/mol. The molecule has 0 radical (unpaired) electrons. The Hall–Kier alpha value is -2.51. The molecule has 0 saturated carbocycles. The molecule has 130 valence electrons. The highest BCUT2D eigenvalue weighted by Crippen LogP contribution is 2.37. The first kappa shape index (κ1) is 17.8. The van der Waals surface area contributed by atoms with E-state index in [1.54, 1.807) is 24.3 Å². The van der Waals surface area contributed by atoms with Crippen LogP contribution in [0.2, 0.25) is 0 Å². The second-order valence-corrected chi connectivity index (χ2v) is 4.99. The standard InChI is InChI=1S/C16H18F3N3O2/c1-4-9-24-12-7-5-11(6-8-12)22(2)14-13(16(17,18)19)10-20-15(21-14)23-3/h5-8,10H,4,9H2,1-3H3. The Bertz CT molecular complexity index is 675. The monoisotopic (exact) mass is 341 g/mol. The minimum absolute atomic E-state index is 0.132. The fourth-order valence-electron chi connectivity index (χ4n) is 2.02. The highest BCUT2D eigenvalue weighted by molar-refractivity contribution is 5.63. The van der Waals surface area contributed by atoms with Crippen molar-refractivity contribution < 1.29 is 22.6 Å². The number of benzene rings is 1. The van der Waals surface area contributed by atoms with Crippen molar-refractivity contribution in [3.63, 3.8) is 0 Å². The highest BCUT2D eigenvalue weighted by Gasteiger charge is 2.36. The molecule has 0 unspecified atom stereocenters. The molecule has 0 amide bonds. The van der Waals surface area contributed by atoms with E-state index in [0.29, 0.717) is 18.0 Å². The number of halogens is 3. The van der Waals surface area contributed by atoms with E-state index in [1.165, 1.54) is 19.1 Å². The summed E-state index contributed by atoms with van der Waals surface area (Å²) in [6.45, 7) is 2.57. The van der Waals surface area contributed by atoms with Crippen LogP contribution in [0.5, 0.6) is 11.8 Å². The summed E-state index contributed by atoms with van der Waals surface area (Å²) >= 11 is 0. The van der Waals surface area contributed by atoms with Gasteiger partial charge in [0.05, 0.1) is 13.7 Å². The van der Waals surface area contributed by atoms with Crippen LogP contribution in [-0.4, -0.2) is 30.7 Å². The summed E-state index contributed by atoms with van der Waals surface area (Å²) in [4.78, 5) is 8.73. The van der Waals surface area contributed by atoms with Gasteiger partial charge in [0.25, 0.3) is 0 Å². The van der Waals surface area contributed by atoms with Crippen LogP contribution >= 0.6 is 0 Å². The molecule has 5 nitrogen and oxygen atoms in total. The highest BCUT2D eigenvalue weighted by atomic mass is 19.4. The lowest BCUT2D eigenvalue weighted by atomic mass is 10.2. The van der Waals surface area contributed by atoms with E-state index >= 15 is 0 Å². The number of hydrogen-bond acceptors (Lipinski definition) is 5. The summed E-state index contributed by atoms with van der Waals surface area (Å²) in [7, 11) is 2.80. The zero-order chi connectivity index (χ0) is 17.7. The number of rotatable bonds is 6. The molecule has 8 heteroatoms. The van der Waals surface area contributed by atoms with Gasteiger partial charge in [0.2, 0.25) is 0 Å². The van der Waals surface area contributed by atoms with Crippen LogP contribution < -0.4 is 14.4 Å². The second-order valence-electron chi connectivity index (χ2n) is 4.99. The quantitative estimate of drug-likeness (QED) is 0.793. The Morgan fingerprint density at radius 2 is 1.83 bits per heavy atom. The topological polar surface area (TPSA) is 47.5 Å². The second kappa shape index (κ2) is 7.37. The van der Waals surface area contributed by atoms with Gasteiger partial charge in [0.1, 0.15) is 11.3 Å². The normalized spacial score (nSPS) is 11.2. The molecule has 2 aromatic rings. The van der Waals surface area contributed by atoms with Crippen LogP contribution in [0.1, 0.15) is 18.9 Å². The van der Waals surface area contributed by atoms with E-state index in [1.807, 2.05) is 6.92 Å². The van der Waals surface area contributed by atoms with Crippen molar-refractivity contribution >= 4 is 11.5 Å². The summed E-state index contributed by atoms with van der Waals surface area (Å²) in [5.74, 6) is 0.377. The van der Waals surface area contributed by atoms with Crippen LogP contribution in [0.3, 0.4) is 0 Å². The Kier molecular flexibility index (Phi) is 5.48. The molecule has 0 saturated heterocycles. The average Bonchev–Trinajstić information content (AvgIpc) is 2.58. The third-order valence-electron chi connectivity index (χ3n) is 3.25. The van der Waals surface area contributed by atoms with Crippen molar-refractivity contribution in [2.24, 2.45) is 0 Å². The third-order valence-corrected chi connectivity index (χ3v) is 3.25.